The van der Waals surface area contributed by atoms with Crippen molar-refractivity contribution < 1.29 is 59.8 Å². The summed E-state index contributed by atoms with van der Waals surface area (Å²) in [7, 11) is -1.97. The number of rotatable bonds is 31. The molecule has 9 aromatic carbocycles. The van der Waals surface area contributed by atoms with Crippen molar-refractivity contribution in [1.29, 1.82) is 0 Å². The summed E-state index contributed by atoms with van der Waals surface area (Å²) in [6, 6.07) is 65.5. The minimum atomic E-state index is -4.05. The zero-order valence-corrected chi connectivity index (χ0v) is 77.6. The van der Waals surface area contributed by atoms with Crippen molar-refractivity contribution in [3.05, 3.63) is 327 Å². The molecule has 4 saturated heterocycles. The summed E-state index contributed by atoms with van der Waals surface area (Å²) in [5, 5.41) is 56.6. The molecule has 4 N–H and O–H groups in total. The fraction of sp³-hybridized carbons (Fsp3) is 0.330. The van der Waals surface area contributed by atoms with Crippen LogP contribution in [0.15, 0.2) is 278 Å². The average Bonchev–Trinajstić information content (AvgIpc) is 0.726. The van der Waals surface area contributed by atoms with E-state index in [1.165, 1.54) is 91.2 Å². The monoisotopic (exact) mass is 1950 g/mol. The van der Waals surface area contributed by atoms with E-state index in [1.54, 1.807) is 19.1 Å². The van der Waals surface area contributed by atoms with Crippen LogP contribution in [0.1, 0.15) is 83.7 Å². The number of methoxy groups -OCH3 is 1. The van der Waals surface area contributed by atoms with Crippen LogP contribution in [0.4, 0.5) is 27.5 Å². The molecule has 13 rings (SSSR count). The number of nitro groups is 3. The number of aliphatic hydroxyl groups excluding tert-OH is 2. The smallest absolute Gasteiger partial charge is 0.321 e. The van der Waals surface area contributed by atoms with E-state index >= 15 is 0 Å². The molecule has 4 unspecified atom stereocenters. The van der Waals surface area contributed by atoms with Gasteiger partial charge in [0.25, 0.3) is 17.1 Å². The van der Waals surface area contributed by atoms with Gasteiger partial charge in [0.1, 0.15) is 5.75 Å². The molecule has 4 aliphatic rings. The molecule has 0 aliphatic carbocycles. The number of carbonyl (C=O) groups excluding carboxylic acids is 1. The van der Waals surface area contributed by atoms with Crippen LogP contribution in [-0.4, -0.2) is 233 Å². The minimum Gasteiger partial charge on any atom is -0.497 e. The van der Waals surface area contributed by atoms with Gasteiger partial charge in [-0.1, -0.05) is 189 Å². The van der Waals surface area contributed by atoms with Gasteiger partial charge in [-0.25, -0.2) is 34.8 Å². The highest BCUT2D eigenvalue weighted by Gasteiger charge is 2.52. The van der Waals surface area contributed by atoms with Crippen LogP contribution in [0.5, 0.6) is 5.75 Å². The zero-order valence-electron chi connectivity index (χ0n) is 70.4. The van der Waals surface area contributed by atoms with Crippen molar-refractivity contribution in [2.45, 2.75) is 113 Å². The Morgan fingerprint density at radius 3 is 1.21 bits per heavy atom. The standard InChI is InChI=1S/C29H31N3O3.C22H26BrN3O4S.C21H24BrN3O4S.C19H22BrN3O5S/c1-31(29(34)30-24-15-17-25(35-3)18-16-24)19-26-28(27(20-33)32(26)2)23-13-11-22(12-14-23)10-9-21-7-5-4-6-8-21;1-4-14-25-18(5-2)22(16-10-12-17(23)13-11-16)20(25)15-24(3)31(29,30)21-9-7-6-8-19(21)26(27)28;1-3-13-24-17(4-2)21(15-9-11-16(22)12-10-15)19(24)14-23-30(28,29)20-8-6-5-7-18(20)25(26)27;1-21(29(27,28)18-6-4-3-5-15(18)23(25)26)11-16-19(17(12-24)22(16)2)13-7-9-14(20)10-8-13/h4-8,11-18,26-28,33H,19-20H2,1-3H3,(H,30,34);4,6-13,18,20,22H,1,5,14-15H2,2-3H3;3,5-12,17,19,21,23H,1,4,13-14H2,2H3;3-10,16-17,19,24H,11-12H2,1-2H3/t26-,27+,28?;18-,20+,22?;17-,19+,21?;16-,17+,19?/m0110/s1. The number of ether oxygens (including phenoxy) is 1. The Labute approximate surface area is 756 Å². The summed E-state index contributed by atoms with van der Waals surface area (Å²) < 4.78 is 91.2. The normalized spacial score (nSPS) is 21.1. The molecule has 4 fully saturated rings. The third-order valence-corrected chi connectivity index (χ3v) is 30.4. The number of amides is 2. The lowest BCUT2D eigenvalue weighted by Gasteiger charge is -2.56. The first kappa shape index (κ1) is 97.4. The average molecular weight is 1960 g/mol. The Balaban J connectivity index is 0.000000175. The Kier molecular flexibility index (Phi) is 34.4. The Morgan fingerprint density at radius 1 is 0.472 bits per heavy atom. The maximum Gasteiger partial charge on any atom is 0.321 e. The minimum absolute atomic E-state index is 0.0132. The van der Waals surface area contributed by atoms with Crippen LogP contribution in [0, 0.1) is 42.2 Å². The zero-order chi connectivity index (χ0) is 90.8. The Morgan fingerprint density at radius 2 is 0.816 bits per heavy atom. The van der Waals surface area contributed by atoms with Crippen LogP contribution in [0.3, 0.4) is 0 Å². The number of aliphatic hydroxyl groups is 2. The van der Waals surface area contributed by atoms with Crippen molar-refractivity contribution in [1.82, 2.24) is 37.8 Å². The number of nitro benzene ring substituents is 3. The SMILES string of the molecule is C=CCN1[C@H](CC)C(c2ccc(Br)cc2)[C@@H]1CN(C)S(=O)(=O)c1ccccc1[N+](=O)[O-].C=CCN1[C@H](CC)C(c2ccc(Br)cc2)[C@@H]1CNS(=O)(=O)c1ccccc1[N+](=O)[O-].CN1[C@H](CO)C(c2ccc(Br)cc2)[C@@H]1CN(C)S(=O)(=O)c1ccccc1[N+](=O)[O-].COc1ccc(NC(=O)N(C)C[C@H]2C(c3ccc(C#Cc4ccccc4)cc3)[C@@H](CO)N2C)cc1. The van der Waals surface area contributed by atoms with E-state index in [9.17, 15) is 70.6 Å². The number of urea groups is 1. The van der Waals surface area contributed by atoms with Crippen LogP contribution >= 0.6 is 47.8 Å². The molecule has 28 nitrogen and oxygen atoms in total. The van der Waals surface area contributed by atoms with Gasteiger partial charge in [0.2, 0.25) is 30.1 Å². The number of anilines is 1. The summed E-state index contributed by atoms with van der Waals surface area (Å²) >= 11 is 10.3. The molecule has 0 radical (unpaired) electrons. The van der Waals surface area contributed by atoms with Gasteiger partial charge in [0.15, 0.2) is 14.7 Å². The molecule has 4 aliphatic heterocycles. The van der Waals surface area contributed by atoms with Gasteiger partial charge in [-0.15, -0.1) is 13.2 Å². The van der Waals surface area contributed by atoms with Gasteiger partial charge in [-0.3, -0.25) is 49.9 Å². The molecule has 12 atom stereocenters. The molecular weight excluding hydrogens is 1850 g/mol. The molecule has 0 saturated carbocycles. The second kappa shape index (κ2) is 44.1. The third kappa shape index (κ3) is 23.0. The van der Waals surface area contributed by atoms with E-state index in [0.29, 0.717) is 25.3 Å². The largest absolute Gasteiger partial charge is 0.497 e. The quantitative estimate of drug-likeness (QED) is 0.0136. The lowest BCUT2D eigenvalue weighted by Crippen LogP contribution is -2.65. The van der Waals surface area contributed by atoms with Gasteiger partial charge in [0.05, 0.1) is 35.1 Å². The molecule has 9 aromatic rings. The fourth-order valence-electron chi connectivity index (χ4n) is 17.1. The molecule has 0 spiro atoms. The Bertz CT molecular complexity index is 5660. The number of nitrogens with zero attached hydrogens (tertiary/aromatic N) is 10. The van der Waals surface area contributed by atoms with Crippen molar-refractivity contribution >= 4 is 107 Å². The van der Waals surface area contributed by atoms with E-state index in [2.05, 4.69) is 136 Å². The van der Waals surface area contributed by atoms with Crippen LogP contribution in [-0.2, 0) is 30.1 Å². The predicted molar refractivity (Wildman–Crippen MR) is 495 cm³/mol. The second-order valence-corrected chi connectivity index (χ2v) is 39.2. The Hall–Kier alpha value is -9.78. The summed E-state index contributed by atoms with van der Waals surface area (Å²) in [6.07, 6.45) is 5.47. The van der Waals surface area contributed by atoms with Gasteiger partial charge >= 0.3 is 6.03 Å². The molecule has 2 amide bonds. The summed E-state index contributed by atoms with van der Waals surface area (Å²) in [6.45, 7) is 14.3. The van der Waals surface area contributed by atoms with Gasteiger partial charge in [0, 0.05) is 181 Å². The van der Waals surface area contributed by atoms with Crippen LogP contribution in [0.2, 0.25) is 0 Å². The molecular formula is C91H103Br3N12O16S3. The molecule has 662 valence electrons. The lowest BCUT2D eigenvalue weighted by atomic mass is 9.73. The molecule has 34 heteroatoms. The number of sulfonamides is 3. The number of hydrogen-bond donors (Lipinski definition) is 4. The second-order valence-electron chi connectivity index (χ2n) is 30.7. The molecule has 4 heterocycles. The maximum absolute atomic E-state index is 13.2. The van der Waals surface area contributed by atoms with E-state index < -0.39 is 61.9 Å². The third-order valence-electron chi connectivity index (χ3n) is 23.6. The van der Waals surface area contributed by atoms with Crippen LogP contribution < -0.4 is 14.8 Å². The van der Waals surface area contributed by atoms with Crippen molar-refractivity contribution in [2.75, 3.05) is 100 Å². The molecule has 125 heavy (non-hydrogen) atoms. The van der Waals surface area contributed by atoms with Crippen LogP contribution in [0.25, 0.3) is 0 Å². The topological polar surface area (TPSA) is 345 Å². The predicted octanol–water partition coefficient (Wildman–Crippen LogP) is 14.9. The van der Waals surface area contributed by atoms with Crippen molar-refractivity contribution in [2.24, 2.45) is 0 Å². The molecule has 0 bridgehead atoms. The highest BCUT2D eigenvalue weighted by Crippen LogP contribution is 2.47. The number of benzene rings is 9. The van der Waals surface area contributed by atoms with Crippen molar-refractivity contribution in [3.8, 4) is 17.6 Å². The number of likely N-dealkylation sites (tertiary alicyclic amines) is 4. The highest BCUT2D eigenvalue weighted by molar-refractivity contribution is 9.11. The van der Waals surface area contributed by atoms with Gasteiger partial charge in [-0.05, 0) is 152 Å². The van der Waals surface area contributed by atoms with E-state index in [4.69, 9.17) is 4.74 Å². The maximum atomic E-state index is 13.2. The summed E-state index contributed by atoms with van der Waals surface area (Å²) in [5.74, 6) is 7.50. The van der Waals surface area contributed by atoms with Crippen molar-refractivity contribution in [3.63, 3.8) is 0 Å². The first-order valence-corrected chi connectivity index (χ1v) is 47.1. The fourth-order valence-corrected chi connectivity index (χ4v) is 21.8. The first-order valence-electron chi connectivity index (χ1n) is 40.3. The number of nitrogens with one attached hydrogen (secondary N) is 2. The number of carbonyl (C=O) groups is 1. The van der Waals surface area contributed by atoms with E-state index in [0.717, 1.165) is 69.7 Å². The lowest BCUT2D eigenvalue weighted by molar-refractivity contribution is -0.388. The summed E-state index contributed by atoms with van der Waals surface area (Å²) in [5.41, 5.74) is 5.78. The van der Waals surface area contributed by atoms with Gasteiger partial charge in [-0.2, -0.15) is 8.61 Å². The van der Waals surface area contributed by atoms with Gasteiger partial charge < -0.3 is 25.2 Å². The highest BCUT2D eigenvalue weighted by atomic mass is 79.9. The molecule has 0 aromatic heterocycles. The first-order chi connectivity index (χ1) is 59.7. The summed E-state index contributed by atoms with van der Waals surface area (Å²) in [4.78, 5) is 53.9. The van der Waals surface area contributed by atoms with E-state index in [1.807, 2.05) is 159 Å². The number of halogens is 3. The number of para-hydroxylation sites is 3. The van der Waals surface area contributed by atoms with E-state index in [-0.39, 0.29) is 126 Å². The number of likely N-dealkylation sites (N-methyl/N-ethyl adjacent to an activating group) is 5. The number of hydrogen-bond acceptors (Lipinski definition) is 20.